The first-order chi connectivity index (χ1) is 9.97. The van der Waals surface area contributed by atoms with Crippen LogP contribution in [0.3, 0.4) is 0 Å². The SMILES string of the molecule is COc1cc(Br)c(C(=O)c2ccc(C)c(Cl)c2)c(OC)c1. The molecule has 0 saturated heterocycles. The third kappa shape index (κ3) is 3.22. The van der Waals surface area contributed by atoms with E-state index in [-0.39, 0.29) is 5.78 Å². The zero-order valence-corrected chi connectivity index (χ0v) is 14.2. The van der Waals surface area contributed by atoms with Crippen LogP contribution in [0.4, 0.5) is 0 Å². The van der Waals surface area contributed by atoms with Gasteiger partial charge in [-0.1, -0.05) is 23.7 Å². The van der Waals surface area contributed by atoms with Crippen molar-refractivity contribution in [3.05, 3.63) is 56.5 Å². The predicted molar refractivity (Wildman–Crippen MR) is 86.9 cm³/mol. The van der Waals surface area contributed by atoms with E-state index in [4.69, 9.17) is 21.1 Å². The van der Waals surface area contributed by atoms with E-state index in [1.54, 1.807) is 31.4 Å². The molecule has 0 unspecified atom stereocenters. The molecule has 0 saturated carbocycles. The molecule has 0 spiro atoms. The summed E-state index contributed by atoms with van der Waals surface area (Å²) in [6, 6.07) is 8.63. The van der Waals surface area contributed by atoms with Crippen molar-refractivity contribution in [1.29, 1.82) is 0 Å². The molecule has 3 nitrogen and oxygen atoms in total. The van der Waals surface area contributed by atoms with Gasteiger partial charge in [0, 0.05) is 21.1 Å². The molecule has 110 valence electrons. The normalized spacial score (nSPS) is 10.3. The summed E-state index contributed by atoms with van der Waals surface area (Å²) in [5, 5.41) is 0.560. The van der Waals surface area contributed by atoms with E-state index < -0.39 is 0 Å². The number of aryl methyl sites for hydroxylation is 1. The quantitative estimate of drug-likeness (QED) is 0.735. The van der Waals surface area contributed by atoms with Gasteiger partial charge in [0.2, 0.25) is 0 Å². The van der Waals surface area contributed by atoms with Gasteiger partial charge in [-0.3, -0.25) is 4.79 Å². The second kappa shape index (κ2) is 6.50. The lowest BCUT2D eigenvalue weighted by Crippen LogP contribution is -2.06. The highest BCUT2D eigenvalue weighted by atomic mass is 79.9. The molecular weight excluding hydrogens is 356 g/mol. The fraction of sp³-hybridized carbons (Fsp3) is 0.188. The smallest absolute Gasteiger partial charge is 0.197 e. The number of carbonyl (C=O) groups excluding carboxylic acids is 1. The van der Waals surface area contributed by atoms with Crippen molar-refractivity contribution in [1.82, 2.24) is 0 Å². The van der Waals surface area contributed by atoms with Gasteiger partial charge in [-0.15, -0.1) is 0 Å². The number of hydrogen-bond acceptors (Lipinski definition) is 3. The molecule has 0 radical (unpaired) electrons. The molecule has 0 atom stereocenters. The predicted octanol–water partition coefficient (Wildman–Crippen LogP) is 4.66. The maximum atomic E-state index is 12.7. The molecule has 0 aliphatic heterocycles. The van der Waals surface area contributed by atoms with Crippen molar-refractivity contribution in [2.24, 2.45) is 0 Å². The van der Waals surface area contributed by atoms with Crippen molar-refractivity contribution in [2.45, 2.75) is 6.92 Å². The Balaban J connectivity index is 2.54. The minimum absolute atomic E-state index is 0.164. The van der Waals surface area contributed by atoms with Gasteiger partial charge in [0.25, 0.3) is 0 Å². The standard InChI is InChI=1S/C16H14BrClO3/c1-9-4-5-10(6-13(9)18)16(19)15-12(17)7-11(20-2)8-14(15)21-3/h4-8H,1-3H3. The van der Waals surface area contributed by atoms with Crippen LogP contribution >= 0.6 is 27.5 Å². The molecule has 0 aliphatic carbocycles. The van der Waals surface area contributed by atoms with E-state index in [1.165, 1.54) is 7.11 Å². The minimum atomic E-state index is -0.164. The molecule has 0 bridgehead atoms. The van der Waals surface area contributed by atoms with Gasteiger partial charge in [-0.2, -0.15) is 0 Å². The molecule has 0 N–H and O–H groups in total. The summed E-state index contributed by atoms with van der Waals surface area (Å²) in [5.74, 6) is 0.892. The average Bonchev–Trinajstić information content (AvgIpc) is 2.48. The topological polar surface area (TPSA) is 35.5 Å². The number of hydrogen-bond donors (Lipinski definition) is 0. The zero-order chi connectivity index (χ0) is 15.6. The number of benzene rings is 2. The van der Waals surface area contributed by atoms with Gasteiger partial charge in [-0.25, -0.2) is 0 Å². The number of ether oxygens (including phenoxy) is 2. The Morgan fingerprint density at radius 1 is 1.14 bits per heavy atom. The highest BCUT2D eigenvalue weighted by Crippen LogP contribution is 2.34. The zero-order valence-electron chi connectivity index (χ0n) is 11.9. The van der Waals surface area contributed by atoms with Gasteiger partial charge in [0.05, 0.1) is 19.8 Å². The Morgan fingerprint density at radius 2 is 1.86 bits per heavy atom. The monoisotopic (exact) mass is 368 g/mol. The molecule has 0 fully saturated rings. The number of rotatable bonds is 4. The molecule has 21 heavy (non-hydrogen) atoms. The van der Waals surface area contributed by atoms with Gasteiger partial charge in [-0.05, 0) is 40.5 Å². The molecule has 0 heterocycles. The van der Waals surface area contributed by atoms with Crippen LogP contribution in [-0.2, 0) is 0 Å². The van der Waals surface area contributed by atoms with Crippen molar-refractivity contribution in [3.8, 4) is 11.5 Å². The van der Waals surface area contributed by atoms with Crippen LogP contribution in [0.25, 0.3) is 0 Å². The molecular formula is C16H14BrClO3. The first kappa shape index (κ1) is 15.9. The average molecular weight is 370 g/mol. The van der Waals surface area contributed by atoms with Crippen LogP contribution in [-0.4, -0.2) is 20.0 Å². The first-order valence-corrected chi connectivity index (χ1v) is 7.37. The third-order valence-electron chi connectivity index (χ3n) is 3.14. The van der Waals surface area contributed by atoms with E-state index in [2.05, 4.69) is 15.9 Å². The van der Waals surface area contributed by atoms with Crippen LogP contribution < -0.4 is 9.47 Å². The fourth-order valence-electron chi connectivity index (χ4n) is 1.94. The van der Waals surface area contributed by atoms with Crippen LogP contribution in [0.15, 0.2) is 34.8 Å². The van der Waals surface area contributed by atoms with Crippen LogP contribution in [0.1, 0.15) is 21.5 Å². The molecule has 5 heteroatoms. The van der Waals surface area contributed by atoms with E-state index in [0.29, 0.717) is 32.1 Å². The molecule has 2 rings (SSSR count). The summed E-state index contributed by atoms with van der Waals surface area (Å²) in [5.41, 5.74) is 1.88. The first-order valence-electron chi connectivity index (χ1n) is 6.20. The number of ketones is 1. The summed E-state index contributed by atoms with van der Waals surface area (Å²) in [6.45, 7) is 1.89. The highest BCUT2D eigenvalue weighted by Gasteiger charge is 2.20. The molecule has 2 aromatic carbocycles. The molecule has 0 amide bonds. The van der Waals surface area contributed by atoms with E-state index in [1.807, 2.05) is 13.0 Å². The Bertz CT molecular complexity index is 698. The lowest BCUT2D eigenvalue weighted by atomic mass is 10.0. The number of halogens is 2. The summed E-state index contributed by atoms with van der Waals surface area (Å²) in [4.78, 5) is 12.7. The van der Waals surface area contributed by atoms with Crippen LogP contribution in [0.2, 0.25) is 5.02 Å². The van der Waals surface area contributed by atoms with Gasteiger partial charge >= 0.3 is 0 Å². The van der Waals surface area contributed by atoms with Crippen molar-refractivity contribution in [3.63, 3.8) is 0 Å². The third-order valence-corrected chi connectivity index (χ3v) is 4.18. The highest BCUT2D eigenvalue weighted by molar-refractivity contribution is 9.10. The fourth-order valence-corrected chi connectivity index (χ4v) is 2.72. The van der Waals surface area contributed by atoms with Crippen molar-refractivity contribution >= 4 is 33.3 Å². The van der Waals surface area contributed by atoms with E-state index in [9.17, 15) is 4.79 Å². The summed E-state index contributed by atoms with van der Waals surface area (Å²) >= 11 is 9.49. The van der Waals surface area contributed by atoms with E-state index >= 15 is 0 Å². The molecule has 0 aromatic heterocycles. The Kier molecular flexibility index (Phi) is 4.91. The second-order valence-electron chi connectivity index (χ2n) is 4.48. The van der Waals surface area contributed by atoms with Gasteiger partial charge in [0.1, 0.15) is 11.5 Å². The van der Waals surface area contributed by atoms with Crippen molar-refractivity contribution in [2.75, 3.05) is 14.2 Å². The Hall–Kier alpha value is -1.52. The second-order valence-corrected chi connectivity index (χ2v) is 5.74. The maximum Gasteiger partial charge on any atom is 0.197 e. The molecule has 0 aliphatic rings. The van der Waals surface area contributed by atoms with E-state index in [0.717, 1.165) is 5.56 Å². The Morgan fingerprint density at radius 3 is 2.43 bits per heavy atom. The van der Waals surface area contributed by atoms with Crippen LogP contribution in [0, 0.1) is 6.92 Å². The number of carbonyl (C=O) groups is 1. The largest absolute Gasteiger partial charge is 0.497 e. The summed E-state index contributed by atoms with van der Waals surface area (Å²) < 4.78 is 11.1. The van der Waals surface area contributed by atoms with Gasteiger partial charge < -0.3 is 9.47 Å². The number of methoxy groups -OCH3 is 2. The lowest BCUT2D eigenvalue weighted by Gasteiger charge is -2.12. The molecule has 2 aromatic rings. The van der Waals surface area contributed by atoms with Gasteiger partial charge in [0.15, 0.2) is 5.78 Å². The summed E-state index contributed by atoms with van der Waals surface area (Å²) in [6.07, 6.45) is 0. The van der Waals surface area contributed by atoms with Crippen molar-refractivity contribution < 1.29 is 14.3 Å². The lowest BCUT2D eigenvalue weighted by molar-refractivity contribution is 0.103. The Labute approximate surface area is 137 Å². The maximum absolute atomic E-state index is 12.7. The summed E-state index contributed by atoms with van der Waals surface area (Å²) in [7, 11) is 3.07. The van der Waals surface area contributed by atoms with Crippen LogP contribution in [0.5, 0.6) is 11.5 Å². The minimum Gasteiger partial charge on any atom is -0.497 e.